The lowest BCUT2D eigenvalue weighted by atomic mass is 10.1. The highest BCUT2D eigenvalue weighted by Gasteiger charge is 2.35. The molecule has 8 nitrogen and oxygen atoms in total. The largest absolute Gasteiger partial charge is 0.493 e. The van der Waals surface area contributed by atoms with Crippen molar-refractivity contribution in [3.63, 3.8) is 0 Å². The van der Waals surface area contributed by atoms with Gasteiger partial charge in [-0.2, -0.15) is 4.31 Å². The van der Waals surface area contributed by atoms with Gasteiger partial charge in [-0.3, -0.25) is 4.68 Å². The van der Waals surface area contributed by atoms with Crippen LogP contribution in [0.5, 0.6) is 11.5 Å². The topological polar surface area (TPSA) is 86.6 Å². The van der Waals surface area contributed by atoms with E-state index in [0.29, 0.717) is 35.2 Å². The second-order valence-electron chi connectivity index (χ2n) is 7.62. The molecule has 164 valence electrons. The van der Waals surface area contributed by atoms with Crippen LogP contribution in [0.3, 0.4) is 0 Å². The summed E-state index contributed by atoms with van der Waals surface area (Å²) >= 11 is 0. The molecule has 0 amide bonds. The van der Waals surface area contributed by atoms with Gasteiger partial charge in [0, 0.05) is 18.2 Å². The maximum absolute atomic E-state index is 13.2. The van der Waals surface area contributed by atoms with Crippen LogP contribution in [0.25, 0.3) is 11.3 Å². The molecule has 1 aliphatic heterocycles. The Morgan fingerprint density at radius 1 is 1.06 bits per heavy atom. The van der Waals surface area contributed by atoms with Crippen molar-refractivity contribution in [2.24, 2.45) is 0 Å². The number of ether oxygens (including phenoxy) is 2. The van der Waals surface area contributed by atoms with Gasteiger partial charge in [0.15, 0.2) is 11.5 Å². The van der Waals surface area contributed by atoms with Gasteiger partial charge in [0.25, 0.3) is 0 Å². The molecule has 0 spiro atoms. The Bertz CT molecular complexity index is 1160. The molecule has 1 aromatic heterocycles. The summed E-state index contributed by atoms with van der Waals surface area (Å²) in [6.45, 7) is 2.90. The quantitative estimate of drug-likeness (QED) is 0.559. The minimum absolute atomic E-state index is 0.161. The lowest BCUT2D eigenvalue weighted by Gasteiger charge is -2.24. The van der Waals surface area contributed by atoms with Crippen LogP contribution in [0.4, 0.5) is 0 Å². The molecule has 1 aliphatic rings. The van der Waals surface area contributed by atoms with Crippen LogP contribution in [0.15, 0.2) is 53.6 Å². The first-order valence-electron chi connectivity index (χ1n) is 10.1. The van der Waals surface area contributed by atoms with Crippen molar-refractivity contribution < 1.29 is 17.9 Å². The minimum Gasteiger partial charge on any atom is -0.493 e. The number of rotatable bonds is 7. The summed E-state index contributed by atoms with van der Waals surface area (Å²) < 4.78 is 40.3. The number of methoxy groups -OCH3 is 2. The minimum atomic E-state index is -3.55. The summed E-state index contributed by atoms with van der Waals surface area (Å²) in [5.74, 6) is 1.25. The molecule has 0 bridgehead atoms. The average molecular weight is 443 g/mol. The molecule has 0 aliphatic carbocycles. The first-order valence-corrected chi connectivity index (χ1v) is 11.6. The molecule has 9 heteroatoms. The third-order valence-electron chi connectivity index (χ3n) is 5.57. The molecule has 0 radical (unpaired) electrons. The third kappa shape index (κ3) is 4.28. The Kier molecular flexibility index (Phi) is 5.97. The van der Waals surface area contributed by atoms with E-state index in [4.69, 9.17) is 9.47 Å². The molecule has 1 saturated heterocycles. The molecule has 31 heavy (non-hydrogen) atoms. The molecule has 4 rings (SSSR count). The van der Waals surface area contributed by atoms with E-state index < -0.39 is 10.0 Å². The van der Waals surface area contributed by atoms with Crippen molar-refractivity contribution in [2.75, 3.05) is 20.8 Å². The Morgan fingerprint density at radius 3 is 2.52 bits per heavy atom. The van der Waals surface area contributed by atoms with Crippen LogP contribution >= 0.6 is 0 Å². The van der Waals surface area contributed by atoms with Gasteiger partial charge in [-0.25, -0.2) is 8.42 Å². The van der Waals surface area contributed by atoms with Crippen LogP contribution < -0.4 is 9.47 Å². The number of aryl methyl sites for hydroxylation is 1. The highest BCUT2D eigenvalue weighted by atomic mass is 32.2. The molecule has 0 N–H and O–H groups in total. The fourth-order valence-electron chi connectivity index (χ4n) is 3.89. The molecule has 0 saturated carbocycles. The maximum Gasteiger partial charge on any atom is 0.243 e. The maximum atomic E-state index is 13.2. The van der Waals surface area contributed by atoms with E-state index in [2.05, 4.69) is 10.3 Å². The molecule has 1 fully saturated rings. The van der Waals surface area contributed by atoms with Gasteiger partial charge in [-0.1, -0.05) is 22.9 Å². The van der Waals surface area contributed by atoms with Crippen LogP contribution in [-0.2, 0) is 16.6 Å². The zero-order valence-electron chi connectivity index (χ0n) is 17.9. The first-order chi connectivity index (χ1) is 14.9. The van der Waals surface area contributed by atoms with Gasteiger partial charge in [-0.15, -0.1) is 5.10 Å². The van der Waals surface area contributed by atoms with Crippen molar-refractivity contribution in [1.29, 1.82) is 0 Å². The number of hydrogen-bond acceptors (Lipinski definition) is 6. The predicted octanol–water partition coefficient (Wildman–Crippen LogP) is 3.12. The molecular weight excluding hydrogens is 416 g/mol. The predicted molar refractivity (Wildman–Crippen MR) is 117 cm³/mol. The highest BCUT2D eigenvalue weighted by Crippen LogP contribution is 2.32. The standard InChI is InChI=1S/C22H26N4O4S/c1-16-6-9-19(10-7-16)31(27,28)26-12-4-5-18(26)14-25-15-20(23-24-25)17-8-11-21(29-2)22(13-17)30-3/h6-11,13,15,18H,4-5,12,14H2,1-3H3/t18-/m0/s1. The van der Waals surface area contributed by atoms with Crippen LogP contribution in [0.1, 0.15) is 18.4 Å². The molecule has 2 heterocycles. The first kappa shape index (κ1) is 21.3. The summed E-state index contributed by atoms with van der Waals surface area (Å²) in [5.41, 5.74) is 2.56. The second-order valence-corrected chi connectivity index (χ2v) is 9.51. The number of sulfonamides is 1. The normalized spacial score (nSPS) is 17.1. The summed E-state index contributed by atoms with van der Waals surface area (Å²) in [5, 5.41) is 8.49. The summed E-state index contributed by atoms with van der Waals surface area (Å²) in [6, 6.07) is 12.4. The zero-order valence-corrected chi connectivity index (χ0v) is 18.7. The second kappa shape index (κ2) is 8.68. The highest BCUT2D eigenvalue weighted by molar-refractivity contribution is 7.89. The lowest BCUT2D eigenvalue weighted by Crippen LogP contribution is -2.38. The van der Waals surface area contributed by atoms with E-state index in [1.165, 1.54) is 0 Å². The zero-order chi connectivity index (χ0) is 22.0. The van der Waals surface area contributed by atoms with Crippen LogP contribution in [-0.4, -0.2) is 54.5 Å². The van der Waals surface area contributed by atoms with E-state index in [-0.39, 0.29) is 6.04 Å². The Hall–Kier alpha value is -2.91. The summed E-state index contributed by atoms with van der Waals surface area (Å²) in [7, 11) is -0.371. The molecular formula is C22H26N4O4S. The van der Waals surface area contributed by atoms with E-state index >= 15 is 0 Å². The number of nitrogens with zero attached hydrogens (tertiary/aromatic N) is 4. The smallest absolute Gasteiger partial charge is 0.243 e. The van der Waals surface area contributed by atoms with Gasteiger partial charge >= 0.3 is 0 Å². The van der Waals surface area contributed by atoms with Crippen molar-refractivity contribution in [3.05, 3.63) is 54.2 Å². The molecule has 0 unspecified atom stereocenters. The average Bonchev–Trinajstić information content (AvgIpc) is 3.44. The van der Waals surface area contributed by atoms with E-state index in [0.717, 1.165) is 24.0 Å². The summed E-state index contributed by atoms with van der Waals surface area (Å²) in [4.78, 5) is 0.328. The van der Waals surface area contributed by atoms with E-state index in [9.17, 15) is 8.42 Å². The van der Waals surface area contributed by atoms with Crippen molar-refractivity contribution in [1.82, 2.24) is 19.3 Å². The fourth-order valence-corrected chi connectivity index (χ4v) is 5.57. The van der Waals surface area contributed by atoms with Gasteiger partial charge in [0.2, 0.25) is 10.0 Å². The monoisotopic (exact) mass is 442 g/mol. The molecule has 1 atom stereocenters. The van der Waals surface area contributed by atoms with Crippen molar-refractivity contribution in [2.45, 2.75) is 37.2 Å². The van der Waals surface area contributed by atoms with Gasteiger partial charge < -0.3 is 9.47 Å². The third-order valence-corrected chi connectivity index (χ3v) is 7.53. The Balaban J connectivity index is 1.53. The lowest BCUT2D eigenvalue weighted by molar-refractivity contribution is 0.338. The fraction of sp³-hybridized carbons (Fsp3) is 0.364. The van der Waals surface area contributed by atoms with Gasteiger partial charge in [-0.05, 0) is 50.1 Å². The number of hydrogen-bond donors (Lipinski definition) is 0. The van der Waals surface area contributed by atoms with Crippen molar-refractivity contribution >= 4 is 10.0 Å². The van der Waals surface area contributed by atoms with Crippen LogP contribution in [0.2, 0.25) is 0 Å². The molecule has 3 aromatic rings. The Morgan fingerprint density at radius 2 is 1.81 bits per heavy atom. The van der Waals surface area contributed by atoms with Gasteiger partial charge in [0.1, 0.15) is 5.69 Å². The summed E-state index contributed by atoms with van der Waals surface area (Å²) in [6.07, 6.45) is 3.44. The number of aromatic nitrogens is 3. The SMILES string of the molecule is COc1ccc(-c2cn(C[C@@H]3CCCN3S(=O)(=O)c3ccc(C)cc3)nn2)cc1OC. The van der Waals surface area contributed by atoms with Crippen LogP contribution in [0, 0.1) is 6.92 Å². The Labute approximate surface area is 182 Å². The van der Waals surface area contributed by atoms with Crippen molar-refractivity contribution in [3.8, 4) is 22.8 Å². The van der Waals surface area contributed by atoms with E-state index in [1.54, 1.807) is 35.3 Å². The van der Waals surface area contributed by atoms with E-state index in [1.807, 2.05) is 43.5 Å². The molecule has 2 aromatic carbocycles. The number of benzene rings is 2. The van der Waals surface area contributed by atoms with Gasteiger partial charge in [0.05, 0.1) is 31.9 Å².